The zero-order chi connectivity index (χ0) is 58.1. The molecule has 0 aromatic heterocycles. The quantitative estimate of drug-likeness (QED) is 0.0204. The Hall–Kier alpha value is -1.27. The van der Waals surface area contributed by atoms with E-state index in [4.69, 9.17) is 18.9 Å². The number of hydrogen-bond acceptors (Lipinski definition) is 13. The summed E-state index contributed by atoms with van der Waals surface area (Å²) in [7, 11) is 0. The molecule has 1 amide bonds. The Morgan fingerprint density at radius 2 is 0.775 bits per heavy atom. The fraction of sp³-hybridized carbons (Fsp3) is 0.955. The number of nitrogens with one attached hydrogen (secondary N) is 1. The number of aliphatic hydroxyl groups excluding tert-OH is 8. The summed E-state index contributed by atoms with van der Waals surface area (Å²) in [5.41, 5.74) is 0. The number of carbonyl (C=O) groups is 1. The van der Waals surface area contributed by atoms with Gasteiger partial charge in [-0.15, -0.1) is 0 Å². The Balaban J connectivity index is 1.47. The highest BCUT2D eigenvalue weighted by molar-refractivity contribution is 5.76. The van der Waals surface area contributed by atoms with Crippen LogP contribution in [-0.4, -0.2) is 140 Å². The maximum Gasteiger partial charge on any atom is 0.220 e. The molecule has 80 heavy (non-hydrogen) atoms. The van der Waals surface area contributed by atoms with Gasteiger partial charge in [0.25, 0.3) is 0 Å². The van der Waals surface area contributed by atoms with Crippen LogP contribution >= 0.6 is 0 Å². The maximum atomic E-state index is 13.2. The van der Waals surface area contributed by atoms with Gasteiger partial charge in [0.2, 0.25) is 5.91 Å². The Morgan fingerprint density at radius 1 is 0.438 bits per heavy atom. The van der Waals surface area contributed by atoms with E-state index in [0.29, 0.717) is 6.42 Å². The van der Waals surface area contributed by atoms with Gasteiger partial charge in [0.05, 0.1) is 32.0 Å². The lowest BCUT2D eigenvalue weighted by Gasteiger charge is -2.46. The molecule has 0 aromatic carbocycles. The van der Waals surface area contributed by atoms with E-state index >= 15 is 0 Å². The first kappa shape index (κ1) is 74.8. The second kappa shape index (κ2) is 52.1. The summed E-state index contributed by atoms with van der Waals surface area (Å²) < 4.78 is 22.7. The minimum atomic E-state index is -1.78. The molecule has 12 unspecified atom stereocenters. The van der Waals surface area contributed by atoms with Crippen LogP contribution in [0.4, 0.5) is 0 Å². The van der Waals surface area contributed by atoms with Gasteiger partial charge in [-0.2, -0.15) is 0 Å². The summed E-state index contributed by atoms with van der Waals surface area (Å²) in [5.74, 6) is -0.237. The lowest BCUT2D eigenvalue weighted by atomic mass is 9.97. The highest BCUT2D eigenvalue weighted by atomic mass is 16.7. The van der Waals surface area contributed by atoms with Crippen molar-refractivity contribution in [3.05, 3.63) is 12.2 Å². The van der Waals surface area contributed by atoms with Gasteiger partial charge in [0, 0.05) is 6.42 Å². The molecular weight excluding hydrogens is 1010 g/mol. The number of allylic oxidation sites excluding steroid dienone is 1. The Kier molecular flexibility index (Phi) is 48.7. The first-order valence-corrected chi connectivity index (χ1v) is 33.9. The monoisotopic (exact) mass is 1140 g/mol. The van der Waals surface area contributed by atoms with Gasteiger partial charge in [-0.1, -0.05) is 296 Å². The standard InChI is InChI=1S/C66H127NO13/c1-3-5-7-9-11-12-13-14-15-16-17-18-19-20-21-22-23-24-25-26-27-28-29-30-31-32-33-34-35-36-37-38-39-40-41-42-44-46-48-50-58(71)67-54(55(70)49-47-45-43-10-8-6-4-2)53-77-65-63(76)61(74)64(57(52-69)79-65)80-66-62(75)60(73)59(72)56(51-68)78-66/h47,49,54-57,59-66,68-70,72-76H,3-46,48,50-53H2,1-2H3,(H,67,71)/b49-47+. The summed E-state index contributed by atoms with van der Waals surface area (Å²) in [5, 5.41) is 86.7. The van der Waals surface area contributed by atoms with E-state index in [9.17, 15) is 45.6 Å². The van der Waals surface area contributed by atoms with Crippen molar-refractivity contribution in [1.82, 2.24) is 5.32 Å². The molecule has 2 aliphatic rings. The molecule has 14 heteroatoms. The molecule has 2 aliphatic heterocycles. The van der Waals surface area contributed by atoms with Crippen molar-refractivity contribution in [1.29, 1.82) is 0 Å². The molecule has 0 saturated carbocycles. The van der Waals surface area contributed by atoms with Crippen molar-refractivity contribution in [2.45, 2.75) is 383 Å². The first-order chi connectivity index (χ1) is 39.1. The molecule has 9 N–H and O–H groups in total. The lowest BCUT2D eigenvalue weighted by Crippen LogP contribution is -2.65. The molecule has 2 saturated heterocycles. The molecular formula is C66H127NO13. The summed E-state index contributed by atoms with van der Waals surface area (Å²) >= 11 is 0. The predicted molar refractivity (Wildman–Crippen MR) is 323 cm³/mol. The summed E-state index contributed by atoms with van der Waals surface area (Å²) in [4.78, 5) is 13.2. The fourth-order valence-electron chi connectivity index (χ4n) is 11.5. The second-order valence-electron chi connectivity index (χ2n) is 24.3. The van der Waals surface area contributed by atoms with E-state index in [1.807, 2.05) is 6.08 Å². The lowest BCUT2D eigenvalue weighted by molar-refractivity contribution is -0.359. The molecule has 0 spiro atoms. The highest BCUT2D eigenvalue weighted by Gasteiger charge is 2.51. The molecule has 0 bridgehead atoms. The van der Waals surface area contributed by atoms with Crippen LogP contribution in [0.15, 0.2) is 12.2 Å². The van der Waals surface area contributed by atoms with Crippen molar-refractivity contribution in [3.63, 3.8) is 0 Å². The van der Waals surface area contributed by atoms with Crippen LogP contribution in [0.5, 0.6) is 0 Å². The average molecular weight is 1140 g/mol. The van der Waals surface area contributed by atoms with E-state index in [1.54, 1.807) is 6.08 Å². The number of ether oxygens (including phenoxy) is 4. The number of hydrogen-bond donors (Lipinski definition) is 9. The zero-order valence-electron chi connectivity index (χ0n) is 51.4. The van der Waals surface area contributed by atoms with Crippen LogP contribution < -0.4 is 5.32 Å². The zero-order valence-corrected chi connectivity index (χ0v) is 51.4. The molecule has 0 radical (unpaired) electrons. The number of aliphatic hydroxyl groups is 8. The van der Waals surface area contributed by atoms with Crippen molar-refractivity contribution in [2.24, 2.45) is 0 Å². The Labute approximate surface area is 488 Å². The second-order valence-corrected chi connectivity index (χ2v) is 24.3. The van der Waals surface area contributed by atoms with E-state index in [-0.39, 0.29) is 18.9 Å². The van der Waals surface area contributed by atoms with E-state index in [2.05, 4.69) is 19.2 Å². The van der Waals surface area contributed by atoms with Crippen LogP contribution in [0.3, 0.4) is 0 Å². The minimum absolute atomic E-state index is 0.237. The number of amides is 1. The van der Waals surface area contributed by atoms with Gasteiger partial charge in [-0.05, 0) is 19.3 Å². The van der Waals surface area contributed by atoms with Crippen molar-refractivity contribution in [2.75, 3.05) is 19.8 Å². The topological polar surface area (TPSA) is 228 Å². The van der Waals surface area contributed by atoms with E-state index in [0.717, 1.165) is 51.4 Å². The third-order valence-corrected chi connectivity index (χ3v) is 17.0. The van der Waals surface area contributed by atoms with Crippen molar-refractivity contribution >= 4 is 5.91 Å². The number of rotatable bonds is 56. The first-order valence-electron chi connectivity index (χ1n) is 33.9. The normalized spacial score (nSPS) is 24.2. The Morgan fingerprint density at radius 3 is 1.15 bits per heavy atom. The molecule has 2 fully saturated rings. The van der Waals surface area contributed by atoms with Gasteiger partial charge in [0.1, 0.15) is 48.8 Å². The fourth-order valence-corrected chi connectivity index (χ4v) is 11.5. The van der Waals surface area contributed by atoms with Gasteiger partial charge in [-0.3, -0.25) is 4.79 Å². The molecule has 14 nitrogen and oxygen atoms in total. The predicted octanol–water partition coefficient (Wildman–Crippen LogP) is 13.0. The van der Waals surface area contributed by atoms with Gasteiger partial charge < -0.3 is 65.1 Å². The van der Waals surface area contributed by atoms with Gasteiger partial charge in [-0.25, -0.2) is 0 Å². The van der Waals surface area contributed by atoms with Crippen LogP contribution in [0, 0.1) is 0 Å². The van der Waals surface area contributed by atoms with Crippen molar-refractivity contribution in [3.8, 4) is 0 Å². The SMILES string of the molecule is CCCCCCC/C=C/C(O)C(COC1OC(CO)C(OC2OC(CO)C(O)C(O)C2O)C(O)C1O)NC(=O)CCCCCCCCCCCCCCCCCCCCCCCCCCCCCCCCCCCCCCCCC. The number of unbranched alkanes of at least 4 members (excludes halogenated alkanes) is 43. The largest absolute Gasteiger partial charge is 0.394 e. The van der Waals surface area contributed by atoms with Gasteiger partial charge in [0.15, 0.2) is 12.6 Å². The van der Waals surface area contributed by atoms with Crippen LogP contribution in [0.1, 0.15) is 309 Å². The third kappa shape index (κ3) is 36.5. The Bertz CT molecular complexity index is 1390. The summed E-state index contributed by atoms with van der Waals surface area (Å²) in [6, 6.07) is -0.907. The van der Waals surface area contributed by atoms with E-state index in [1.165, 1.54) is 231 Å². The molecule has 12 atom stereocenters. The van der Waals surface area contributed by atoms with Gasteiger partial charge >= 0.3 is 0 Å². The summed E-state index contributed by atoms with van der Waals surface area (Å²) in [6.45, 7) is 2.76. The smallest absolute Gasteiger partial charge is 0.220 e. The van der Waals surface area contributed by atoms with E-state index < -0.39 is 86.8 Å². The average Bonchev–Trinajstić information content (AvgIpc) is 3.53. The minimum Gasteiger partial charge on any atom is -0.394 e. The maximum absolute atomic E-state index is 13.2. The van der Waals surface area contributed by atoms with Crippen molar-refractivity contribution < 1.29 is 64.6 Å². The van der Waals surface area contributed by atoms with Crippen LogP contribution in [0.2, 0.25) is 0 Å². The molecule has 0 aliphatic carbocycles. The summed E-state index contributed by atoms with van der Waals surface area (Å²) in [6.07, 6.45) is 46.5. The highest BCUT2D eigenvalue weighted by Crippen LogP contribution is 2.30. The molecule has 2 heterocycles. The third-order valence-electron chi connectivity index (χ3n) is 17.0. The molecule has 0 aromatic rings. The number of carbonyl (C=O) groups excluding carboxylic acids is 1. The van der Waals surface area contributed by atoms with Crippen LogP contribution in [0.25, 0.3) is 0 Å². The van der Waals surface area contributed by atoms with Crippen LogP contribution in [-0.2, 0) is 23.7 Å². The molecule has 474 valence electrons. The molecule has 2 rings (SSSR count).